The lowest BCUT2D eigenvalue weighted by Crippen LogP contribution is -2.36. The van der Waals surface area contributed by atoms with Crippen LogP contribution in [0.15, 0.2) is 0 Å². The fraction of sp³-hybridized carbons (Fsp3) is 0.818. The van der Waals surface area contributed by atoms with Crippen LogP contribution >= 0.6 is 0 Å². The molecule has 0 rings (SSSR count). The van der Waals surface area contributed by atoms with E-state index in [2.05, 4.69) is 14.9 Å². The first-order valence-corrected chi connectivity index (χ1v) is 5.55. The van der Waals surface area contributed by atoms with E-state index in [-0.39, 0.29) is 12.5 Å². The summed E-state index contributed by atoms with van der Waals surface area (Å²) in [4.78, 5) is 25.6. The van der Waals surface area contributed by atoms with Gasteiger partial charge in [0.05, 0.1) is 12.7 Å². The molecule has 0 aliphatic heterocycles. The minimum absolute atomic E-state index is 0.0571. The van der Waals surface area contributed by atoms with Crippen molar-refractivity contribution in [1.29, 1.82) is 0 Å². The summed E-state index contributed by atoms with van der Waals surface area (Å²) in [5.41, 5.74) is -0.434. The Bertz CT molecular complexity index is 237. The lowest BCUT2D eigenvalue weighted by molar-refractivity contribution is -0.281. The first-order chi connectivity index (χ1) is 7.91. The molecule has 6 nitrogen and oxygen atoms in total. The molecule has 0 saturated carbocycles. The highest BCUT2D eigenvalue weighted by molar-refractivity contribution is 5.81. The largest absolute Gasteiger partial charge is 0.468 e. The van der Waals surface area contributed by atoms with Crippen LogP contribution in [0.1, 0.15) is 33.6 Å². The van der Waals surface area contributed by atoms with E-state index >= 15 is 0 Å². The lowest BCUT2D eigenvalue weighted by atomic mass is 9.95. The Kier molecular flexibility index (Phi) is 7.49. The highest BCUT2D eigenvalue weighted by Gasteiger charge is 2.20. The Labute approximate surface area is 101 Å². The Morgan fingerprint density at radius 1 is 1.41 bits per heavy atom. The van der Waals surface area contributed by atoms with E-state index in [0.717, 1.165) is 0 Å². The predicted molar refractivity (Wildman–Crippen MR) is 61.2 cm³/mol. The number of carbonyl (C=O) groups excluding carboxylic acids is 2. The normalized spacial score (nSPS) is 12.9. The fourth-order valence-corrected chi connectivity index (χ4v) is 1.11. The van der Waals surface area contributed by atoms with Crippen LogP contribution in [0.4, 0.5) is 0 Å². The molecule has 0 bridgehead atoms. The van der Waals surface area contributed by atoms with Gasteiger partial charge in [0.25, 0.3) is 6.47 Å². The van der Waals surface area contributed by atoms with Crippen molar-refractivity contribution in [3.05, 3.63) is 0 Å². The second kappa shape index (κ2) is 8.03. The molecule has 0 radical (unpaired) electrons. The Hall–Kier alpha value is -1.14. The van der Waals surface area contributed by atoms with Crippen LogP contribution in [0.25, 0.3) is 0 Å². The molecule has 6 heteroatoms. The molecule has 1 unspecified atom stereocenters. The zero-order valence-electron chi connectivity index (χ0n) is 10.6. The standard InChI is InChI=1S/C11H21NO5/c1-11(2,3)10(14)12-6-4-9(17-15)5-7-16-8-13/h8-9,15H,4-7H2,1-3H3,(H,12,14). The summed E-state index contributed by atoms with van der Waals surface area (Å²) >= 11 is 0. The highest BCUT2D eigenvalue weighted by atomic mass is 17.1. The second-order valence-corrected chi connectivity index (χ2v) is 4.78. The third kappa shape index (κ3) is 7.70. The van der Waals surface area contributed by atoms with Crippen molar-refractivity contribution < 1.29 is 24.5 Å². The van der Waals surface area contributed by atoms with Gasteiger partial charge in [0.1, 0.15) is 0 Å². The maximum absolute atomic E-state index is 11.5. The van der Waals surface area contributed by atoms with Gasteiger partial charge in [0.15, 0.2) is 0 Å². The van der Waals surface area contributed by atoms with Gasteiger partial charge < -0.3 is 10.1 Å². The third-order valence-electron chi connectivity index (χ3n) is 2.21. The minimum Gasteiger partial charge on any atom is -0.468 e. The fourth-order valence-electron chi connectivity index (χ4n) is 1.11. The molecule has 0 aromatic heterocycles. The zero-order chi connectivity index (χ0) is 13.3. The molecular weight excluding hydrogens is 226 g/mol. The Balaban J connectivity index is 3.76. The van der Waals surface area contributed by atoms with Crippen molar-refractivity contribution in [2.75, 3.05) is 13.2 Å². The summed E-state index contributed by atoms with van der Waals surface area (Å²) in [6.07, 6.45) is 0.400. The van der Waals surface area contributed by atoms with Gasteiger partial charge in [-0.2, -0.15) is 0 Å². The third-order valence-corrected chi connectivity index (χ3v) is 2.21. The maximum atomic E-state index is 11.5. The summed E-state index contributed by atoms with van der Waals surface area (Å²) < 4.78 is 4.49. The molecular formula is C11H21NO5. The van der Waals surface area contributed by atoms with E-state index < -0.39 is 11.5 Å². The molecule has 0 saturated heterocycles. The molecule has 0 aromatic rings. The molecule has 0 spiro atoms. The van der Waals surface area contributed by atoms with Crippen LogP contribution in [0, 0.1) is 5.41 Å². The van der Waals surface area contributed by atoms with Crippen LogP contribution in [0.3, 0.4) is 0 Å². The SMILES string of the molecule is CC(C)(C)C(=O)NCCC(CCOC=O)OO. The van der Waals surface area contributed by atoms with Gasteiger partial charge in [-0.1, -0.05) is 20.8 Å². The molecule has 0 aromatic carbocycles. The van der Waals surface area contributed by atoms with Crippen molar-refractivity contribution >= 4 is 12.4 Å². The second-order valence-electron chi connectivity index (χ2n) is 4.78. The predicted octanol–water partition coefficient (Wildman–Crippen LogP) is 0.960. The number of carbonyl (C=O) groups is 2. The van der Waals surface area contributed by atoms with Gasteiger partial charge in [0.2, 0.25) is 5.91 Å². The number of hydrogen-bond acceptors (Lipinski definition) is 5. The van der Waals surface area contributed by atoms with Crippen molar-refractivity contribution in [2.45, 2.75) is 39.7 Å². The number of nitrogens with one attached hydrogen (secondary N) is 1. The smallest absolute Gasteiger partial charge is 0.293 e. The number of rotatable bonds is 8. The molecule has 1 atom stereocenters. The molecule has 1 amide bonds. The van der Waals surface area contributed by atoms with E-state index in [0.29, 0.717) is 25.9 Å². The van der Waals surface area contributed by atoms with Crippen molar-refractivity contribution in [1.82, 2.24) is 5.32 Å². The molecule has 0 aliphatic rings. The van der Waals surface area contributed by atoms with Gasteiger partial charge in [-0.15, -0.1) is 0 Å². The lowest BCUT2D eigenvalue weighted by Gasteiger charge is -2.19. The first kappa shape index (κ1) is 15.9. The van der Waals surface area contributed by atoms with Gasteiger partial charge >= 0.3 is 0 Å². The van der Waals surface area contributed by atoms with Gasteiger partial charge in [-0.25, -0.2) is 4.89 Å². The molecule has 0 heterocycles. The van der Waals surface area contributed by atoms with Crippen LogP contribution < -0.4 is 5.32 Å². The van der Waals surface area contributed by atoms with E-state index in [1.807, 2.05) is 20.8 Å². The number of amides is 1. The Morgan fingerprint density at radius 2 is 2.06 bits per heavy atom. The van der Waals surface area contributed by atoms with Crippen molar-refractivity contribution in [3.63, 3.8) is 0 Å². The highest BCUT2D eigenvalue weighted by Crippen LogP contribution is 2.12. The molecule has 100 valence electrons. The van der Waals surface area contributed by atoms with Crippen molar-refractivity contribution in [3.8, 4) is 0 Å². The van der Waals surface area contributed by atoms with E-state index in [9.17, 15) is 9.59 Å². The Morgan fingerprint density at radius 3 is 2.53 bits per heavy atom. The summed E-state index contributed by atoms with van der Waals surface area (Å²) in [5.74, 6) is -0.0571. The molecule has 0 aliphatic carbocycles. The van der Waals surface area contributed by atoms with Crippen LogP contribution in [-0.2, 0) is 19.2 Å². The summed E-state index contributed by atoms with van der Waals surface area (Å²) in [7, 11) is 0. The van der Waals surface area contributed by atoms with Crippen molar-refractivity contribution in [2.24, 2.45) is 5.41 Å². The average Bonchev–Trinajstić information content (AvgIpc) is 2.25. The number of hydrogen-bond donors (Lipinski definition) is 2. The summed E-state index contributed by atoms with van der Waals surface area (Å²) in [6, 6.07) is 0. The van der Waals surface area contributed by atoms with Gasteiger partial charge in [-0.05, 0) is 6.42 Å². The topological polar surface area (TPSA) is 84.9 Å². The summed E-state index contributed by atoms with van der Waals surface area (Å²) in [5, 5.41) is 11.3. The minimum atomic E-state index is -0.449. The van der Waals surface area contributed by atoms with E-state index in [4.69, 9.17) is 5.26 Å². The van der Waals surface area contributed by atoms with Gasteiger partial charge in [0, 0.05) is 18.4 Å². The molecule has 0 fully saturated rings. The van der Waals surface area contributed by atoms with E-state index in [1.165, 1.54) is 0 Å². The van der Waals surface area contributed by atoms with Crippen LogP contribution in [0.5, 0.6) is 0 Å². The van der Waals surface area contributed by atoms with Gasteiger partial charge in [-0.3, -0.25) is 14.8 Å². The summed E-state index contributed by atoms with van der Waals surface area (Å²) in [6.45, 7) is 6.39. The van der Waals surface area contributed by atoms with E-state index in [1.54, 1.807) is 0 Å². The van der Waals surface area contributed by atoms with Crippen LogP contribution in [0.2, 0.25) is 0 Å². The molecule has 2 N–H and O–H groups in total. The first-order valence-electron chi connectivity index (χ1n) is 5.55. The maximum Gasteiger partial charge on any atom is 0.293 e. The quantitative estimate of drug-likeness (QED) is 0.289. The zero-order valence-corrected chi connectivity index (χ0v) is 10.6. The molecule has 17 heavy (non-hydrogen) atoms. The average molecular weight is 247 g/mol. The number of ether oxygens (including phenoxy) is 1. The monoisotopic (exact) mass is 247 g/mol. The van der Waals surface area contributed by atoms with Crippen LogP contribution in [-0.4, -0.2) is 36.9 Å².